The molecule has 2 atom stereocenters. The topological polar surface area (TPSA) is 58.4 Å². The number of nitrogens with zero attached hydrogens (tertiary/aromatic N) is 1. The van der Waals surface area contributed by atoms with E-state index in [1.54, 1.807) is 0 Å². The molecule has 116 valence electrons. The number of benzene rings is 1. The lowest BCUT2D eigenvalue weighted by Gasteiger charge is -2.39. The van der Waals surface area contributed by atoms with Crippen molar-refractivity contribution in [3.63, 3.8) is 0 Å². The molecule has 2 rings (SSSR count). The highest BCUT2D eigenvalue weighted by Crippen LogP contribution is 2.24. The molecule has 1 fully saturated rings. The molecule has 1 aromatic rings. The average molecular weight is 289 g/mol. The first kappa shape index (κ1) is 16.0. The molecule has 1 heterocycles. The van der Waals surface area contributed by atoms with E-state index in [4.69, 9.17) is 5.73 Å². The van der Waals surface area contributed by atoms with Gasteiger partial charge in [0, 0.05) is 25.7 Å². The van der Waals surface area contributed by atoms with Gasteiger partial charge in [0.05, 0.1) is 6.54 Å². The minimum absolute atomic E-state index is 0.235. The van der Waals surface area contributed by atoms with Gasteiger partial charge in [-0.2, -0.15) is 0 Å². The van der Waals surface area contributed by atoms with Gasteiger partial charge in [-0.25, -0.2) is 0 Å². The van der Waals surface area contributed by atoms with E-state index in [0.29, 0.717) is 24.4 Å². The van der Waals surface area contributed by atoms with Crippen molar-refractivity contribution in [1.82, 2.24) is 10.2 Å². The fourth-order valence-corrected chi connectivity index (χ4v) is 3.07. The van der Waals surface area contributed by atoms with Crippen LogP contribution in [0.3, 0.4) is 0 Å². The molecule has 1 saturated heterocycles. The number of primary amides is 1. The minimum Gasteiger partial charge on any atom is -0.369 e. The van der Waals surface area contributed by atoms with Crippen molar-refractivity contribution in [2.24, 2.45) is 17.6 Å². The standard InChI is InChI=1S/C17H27N3O/c1-13(2)15-8-16(11-20(10-15)12-17(18)21)19-9-14-6-4-3-5-7-14/h3-7,13,15-16,19H,8-12H2,1-2H3,(H2,18,21). The van der Waals surface area contributed by atoms with Gasteiger partial charge in [-0.15, -0.1) is 0 Å². The normalized spacial score (nSPS) is 23.4. The fourth-order valence-electron chi connectivity index (χ4n) is 3.07. The summed E-state index contributed by atoms with van der Waals surface area (Å²) in [6.07, 6.45) is 1.17. The molecule has 21 heavy (non-hydrogen) atoms. The highest BCUT2D eigenvalue weighted by atomic mass is 16.1. The van der Waals surface area contributed by atoms with Crippen LogP contribution in [-0.2, 0) is 11.3 Å². The van der Waals surface area contributed by atoms with Crippen molar-refractivity contribution >= 4 is 5.91 Å². The second-order valence-electron chi connectivity index (χ2n) is 6.46. The number of carbonyl (C=O) groups excluding carboxylic acids is 1. The Kier molecular flexibility index (Phi) is 5.76. The fraction of sp³-hybridized carbons (Fsp3) is 0.588. The van der Waals surface area contributed by atoms with E-state index in [9.17, 15) is 4.79 Å². The molecular formula is C17H27N3O. The zero-order valence-corrected chi connectivity index (χ0v) is 13.1. The number of likely N-dealkylation sites (tertiary alicyclic amines) is 1. The lowest BCUT2D eigenvalue weighted by Crippen LogP contribution is -2.52. The van der Waals surface area contributed by atoms with E-state index in [1.165, 1.54) is 12.0 Å². The molecule has 0 spiro atoms. The van der Waals surface area contributed by atoms with Crippen molar-refractivity contribution in [3.05, 3.63) is 35.9 Å². The highest BCUT2D eigenvalue weighted by molar-refractivity contribution is 5.75. The molecule has 4 heteroatoms. The molecule has 0 aromatic heterocycles. The quantitative estimate of drug-likeness (QED) is 0.836. The van der Waals surface area contributed by atoms with Crippen molar-refractivity contribution in [1.29, 1.82) is 0 Å². The lowest BCUT2D eigenvalue weighted by molar-refractivity contribution is -0.119. The van der Waals surface area contributed by atoms with Crippen molar-refractivity contribution in [2.45, 2.75) is 32.9 Å². The van der Waals surface area contributed by atoms with Gasteiger partial charge in [-0.1, -0.05) is 44.2 Å². The third-order valence-corrected chi connectivity index (χ3v) is 4.32. The smallest absolute Gasteiger partial charge is 0.231 e. The summed E-state index contributed by atoms with van der Waals surface area (Å²) in [5, 5.41) is 3.63. The Morgan fingerprint density at radius 1 is 1.33 bits per heavy atom. The van der Waals surface area contributed by atoms with Crippen LogP contribution in [0.5, 0.6) is 0 Å². The number of hydrogen-bond donors (Lipinski definition) is 2. The van der Waals surface area contributed by atoms with Crippen LogP contribution in [0.15, 0.2) is 30.3 Å². The molecule has 0 aliphatic carbocycles. The largest absolute Gasteiger partial charge is 0.369 e. The summed E-state index contributed by atoms with van der Waals surface area (Å²) in [6.45, 7) is 7.63. The van der Waals surface area contributed by atoms with Gasteiger partial charge in [0.25, 0.3) is 0 Å². The zero-order valence-electron chi connectivity index (χ0n) is 13.1. The molecule has 3 N–H and O–H groups in total. The van der Waals surface area contributed by atoms with E-state index in [2.05, 4.69) is 48.3 Å². The number of rotatable bonds is 6. The number of hydrogen-bond acceptors (Lipinski definition) is 3. The van der Waals surface area contributed by atoms with Crippen LogP contribution < -0.4 is 11.1 Å². The maximum absolute atomic E-state index is 11.2. The van der Waals surface area contributed by atoms with Crippen LogP contribution >= 0.6 is 0 Å². The van der Waals surface area contributed by atoms with Crippen LogP contribution in [0, 0.1) is 11.8 Å². The van der Waals surface area contributed by atoms with Crippen molar-refractivity contribution in [3.8, 4) is 0 Å². The number of piperidine rings is 1. The lowest BCUT2D eigenvalue weighted by atomic mass is 9.85. The van der Waals surface area contributed by atoms with Crippen LogP contribution in [0.4, 0.5) is 0 Å². The maximum atomic E-state index is 11.2. The number of nitrogens with one attached hydrogen (secondary N) is 1. The summed E-state index contributed by atoms with van der Waals surface area (Å²) in [6, 6.07) is 10.9. The van der Waals surface area contributed by atoms with Crippen molar-refractivity contribution < 1.29 is 4.79 Å². The van der Waals surface area contributed by atoms with Crippen LogP contribution in [0.25, 0.3) is 0 Å². The molecule has 0 radical (unpaired) electrons. The summed E-state index contributed by atoms with van der Waals surface area (Å²) in [7, 11) is 0. The van der Waals surface area contributed by atoms with E-state index >= 15 is 0 Å². The molecule has 1 aliphatic heterocycles. The van der Waals surface area contributed by atoms with E-state index < -0.39 is 0 Å². The minimum atomic E-state index is -0.235. The average Bonchev–Trinajstić information content (AvgIpc) is 2.45. The Labute approximate surface area is 127 Å². The molecular weight excluding hydrogens is 262 g/mol. The van der Waals surface area contributed by atoms with Gasteiger partial charge in [0.1, 0.15) is 0 Å². The third-order valence-electron chi connectivity index (χ3n) is 4.32. The van der Waals surface area contributed by atoms with Gasteiger partial charge in [0.2, 0.25) is 5.91 Å². The maximum Gasteiger partial charge on any atom is 0.231 e. The Morgan fingerprint density at radius 3 is 2.67 bits per heavy atom. The molecule has 1 amide bonds. The van der Waals surface area contributed by atoms with Crippen LogP contribution in [0.1, 0.15) is 25.8 Å². The Balaban J connectivity index is 1.92. The molecule has 2 unspecified atom stereocenters. The predicted molar refractivity (Wildman–Crippen MR) is 85.6 cm³/mol. The predicted octanol–water partition coefficient (Wildman–Crippen LogP) is 1.61. The molecule has 1 aromatic carbocycles. The van der Waals surface area contributed by atoms with Gasteiger partial charge in [-0.3, -0.25) is 9.69 Å². The first-order chi connectivity index (χ1) is 10.0. The van der Waals surface area contributed by atoms with Gasteiger partial charge in [-0.05, 0) is 23.8 Å². The van der Waals surface area contributed by atoms with E-state index in [0.717, 1.165) is 19.6 Å². The second kappa shape index (κ2) is 7.57. The van der Waals surface area contributed by atoms with Crippen molar-refractivity contribution in [2.75, 3.05) is 19.6 Å². The third kappa shape index (κ3) is 5.14. The summed E-state index contributed by atoms with van der Waals surface area (Å²) in [5.41, 5.74) is 6.65. The zero-order chi connectivity index (χ0) is 15.2. The molecule has 1 aliphatic rings. The van der Waals surface area contributed by atoms with Gasteiger partial charge < -0.3 is 11.1 Å². The number of carbonyl (C=O) groups is 1. The Hall–Kier alpha value is -1.39. The highest BCUT2D eigenvalue weighted by Gasteiger charge is 2.29. The summed E-state index contributed by atoms with van der Waals surface area (Å²) in [5.74, 6) is 1.01. The molecule has 0 bridgehead atoms. The Morgan fingerprint density at radius 2 is 2.05 bits per heavy atom. The SMILES string of the molecule is CC(C)C1CC(NCc2ccccc2)CN(CC(N)=O)C1. The van der Waals surface area contributed by atoms with Crippen LogP contribution in [-0.4, -0.2) is 36.5 Å². The Bertz CT molecular complexity index is 447. The first-order valence-electron chi connectivity index (χ1n) is 7.82. The van der Waals surface area contributed by atoms with Gasteiger partial charge in [0.15, 0.2) is 0 Å². The first-order valence-corrected chi connectivity index (χ1v) is 7.82. The number of amides is 1. The molecule has 4 nitrogen and oxygen atoms in total. The van der Waals surface area contributed by atoms with E-state index in [1.807, 2.05) is 6.07 Å². The second-order valence-corrected chi connectivity index (χ2v) is 6.46. The summed E-state index contributed by atoms with van der Waals surface area (Å²) < 4.78 is 0. The van der Waals surface area contributed by atoms with E-state index in [-0.39, 0.29) is 5.91 Å². The molecule has 0 saturated carbocycles. The van der Waals surface area contributed by atoms with Gasteiger partial charge >= 0.3 is 0 Å². The summed E-state index contributed by atoms with van der Waals surface area (Å²) in [4.78, 5) is 13.4. The summed E-state index contributed by atoms with van der Waals surface area (Å²) >= 11 is 0. The van der Waals surface area contributed by atoms with Crippen LogP contribution in [0.2, 0.25) is 0 Å². The number of nitrogens with two attached hydrogens (primary N) is 1. The monoisotopic (exact) mass is 289 g/mol.